The number of rotatable bonds is 6. The Labute approximate surface area is 197 Å². The van der Waals surface area contributed by atoms with Crippen molar-refractivity contribution in [1.29, 1.82) is 0 Å². The van der Waals surface area contributed by atoms with Gasteiger partial charge in [0.1, 0.15) is 5.82 Å². The third-order valence-corrected chi connectivity index (χ3v) is 7.58. The molecular weight excluding hydrogens is 449 g/mol. The third kappa shape index (κ3) is 4.74. The molecule has 34 heavy (non-hydrogen) atoms. The zero-order chi connectivity index (χ0) is 24.7. The number of aryl methyl sites for hydroxylation is 1. The van der Waals surface area contributed by atoms with Crippen molar-refractivity contribution in [2.24, 2.45) is 11.3 Å². The standard InChI is InChI=1S/C24H33F3N4O3/c1-15-18(9-12-34-3)21(30-11-4-10-23(2,14-30)22(32)33)31-20(28-15)13-19(29-31)16-5-7-17(8-6-16)24(25,26)27/h13,16-17H,4-12,14H2,1-3H3,(H,32,33)/t16-,17-,23-/m1/s1. The van der Waals surface area contributed by atoms with Crippen molar-refractivity contribution in [3.63, 3.8) is 0 Å². The monoisotopic (exact) mass is 482 g/mol. The van der Waals surface area contributed by atoms with Gasteiger partial charge in [0.2, 0.25) is 0 Å². The van der Waals surface area contributed by atoms with Gasteiger partial charge in [0.25, 0.3) is 0 Å². The van der Waals surface area contributed by atoms with E-state index < -0.39 is 23.5 Å². The second-order valence-electron chi connectivity index (χ2n) is 10.1. The second-order valence-corrected chi connectivity index (χ2v) is 10.1. The average Bonchev–Trinajstić information content (AvgIpc) is 3.20. The summed E-state index contributed by atoms with van der Waals surface area (Å²) in [7, 11) is 1.63. The van der Waals surface area contributed by atoms with Gasteiger partial charge < -0.3 is 14.7 Å². The number of anilines is 1. The highest BCUT2D eigenvalue weighted by atomic mass is 19.4. The first-order valence-electron chi connectivity index (χ1n) is 12.0. The topological polar surface area (TPSA) is 80.0 Å². The molecule has 2 fully saturated rings. The smallest absolute Gasteiger partial charge is 0.391 e. The van der Waals surface area contributed by atoms with E-state index in [1.54, 1.807) is 18.5 Å². The minimum atomic E-state index is -4.14. The van der Waals surface area contributed by atoms with Crippen molar-refractivity contribution in [3.05, 3.63) is 23.0 Å². The van der Waals surface area contributed by atoms with E-state index >= 15 is 0 Å². The Hall–Kier alpha value is -2.36. The highest BCUT2D eigenvalue weighted by molar-refractivity contribution is 5.75. The Morgan fingerprint density at radius 3 is 2.62 bits per heavy atom. The van der Waals surface area contributed by atoms with Gasteiger partial charge in [-0.3, -0.25) is 4.79 Å². The molecule has 188 valence electrons. The van der Waals surface area contributed by atoms with Crippen LogP contribution in [0.4, 0.5) is 19.0 Å². The molecule has 0 spiro atoms. The van der Waals surface area contributed by atoms with E-state index in [0.717, 1.165) is 29.2 Å². The molecule has 0 aromatic carbocycles. The fourth-order valence-corrected chi connectivity index (χ4v) is 5.49. The van der Waals surface area contributed by atoms with Gasteiger partial charge in [0.15, 0.2) is 5.65 Å². The maximum Gasteiger partial charge on any atom is 0.391 e. The summed E-state index contributed by atoms with van der Waals surface area (Å²) >= 11 is 0. The summed E-state index contributed by atoms with van der Waals surface area (Å²) in [6.07, 6.45) is -1.08. The highest BCUT2D eigenvalue weighted by Crippen LogP contribution is 2.43. The molecule has 7 nitrogen and oxygen atoms in total. The van der Waals surface area contributed by atoms with Gasteiger partial charge in [-0.1, -0.05) is 0 Å². The Kier molecular flexibility index (Phi) is 6.81. The fraction of sp³-hybridized carbons (Fsp3) is 0.708. The fourth-order valence-electron chi connectivity index (χ4n) is 5.49. The number of carboxylic acids is 1. The van der Waals surface area contributed by atoms with Crippen molar-refractivity contribution in [2.75, 3.05) is 31.7 Å². The van der Waals surface area contributed by atoms with Gasteiger partial charge in [-0.15, -0.1) is 0 Å². The van der Waals surface area contributed by atoms with Crippen LogP contribution in [0.1, 0.15) is 68.3 Å². The Balaban J connectivity index is 1.72. The van der Waals surface area contributed by atoms with E-state index in [2.05, 4.69) is 4.90 Å². The molecule has 1 aliphatic carbocycles. The number of hydrogen-bond donors (Lipinski definition) is 1. The quantitative estimate of drug-likeness (QED) is 0.640. The first kappa shape index (κ1) is 24.8. The summed E-state index contributed by atoms with van der Waals surface area (Å²) in [6, 6.07) is 1.88. The zero-order valence-corrected chi connectivity index (χ0v) is 20.0. The molecule has 0 amide bonds. The van der Waals surface area contributed by atoms with E-state index in [-0.39, 0.29) is 18.8 Å². The van der Waals surface area contributed by atoms with E-state index in [1.165, 1.54) is 0 Å². The van der Waals surface area contributed by atoms with Crippen LogP contribution in [0, 0.1) is 18.3 Å². The molecule has 1 aliphatic heterocycles. The molecule has 0 unspecified atom stereocenters. The number of ether oxygens (including phenoxy) is 1. The van der Waals surface area contributed by atoms with Crippen molar-refractivity contribution < 1.29 is 27.8 Å². The number of piperidine rings is 1. The van der Waals surface area contributed by atoms with Crippen LogP contribution < -0.4 is 4.90 Å². The maximum atomic E-state index is 13.1. The van der Waals surface area contributed by atoms with Crippen molar-refractivity contribution in [1.82, 2.24) is 14.6 Å². The van der Waals surface area contributed by atoms with E-state index in [0.29, 0.717) is 51.0 Å². The lowest BCUT2D eigenvalue weighted by molar-refractivity contribution is -0.182. The lowest BCUT2D eigenvalue weighted by Crippen LogP contribution is -2.47. The molecule has 0 bridgehead atoms. The number of halogens is 3. The van der Waals surface area contributed by atoms with Gasteiger partial charge in [0, 0.05) is 49.9 Å². The first-order valence-corrected chi connectivity index (χ1v) is 12.0. The van der Waals surface area contributed by atoms with Crippen LogP contribution in [0.25, 0.3) is 5.65 Å². The number of alkyl halides is 3. The predicted molar refractivity (Wildman–Crippen MR) is 121 cm³/mol. The molecule has 1 N–H and O–H groups in total. The van der Waals surface area contributed by atoms with E-state index in [4.69, 9.17) is 14.8 Å². The molecule has 0 radical (unpaired) electrons. The van der Waals surface area contributed by atoms with Gasteiger partial charge in [-0.2, -0.15) is 22.8 Å². The molecule has 2 aliphatic rings. The lowest BCUT2D eigenvalue weighted by atomic mass is 9.80. The van der Waals surface area contributed by atoms with Gasteiger partial charge in [0.05, 0.1) is 23.6 Å². The van der Waals surface area contributed by atoms with Crippen LogP contribution in [0.2, 0.25) is 0 Å². The summed E-state index contributed by atoms with van der Waals surface area (Å²) in [4.78, 5) is 18.8. The Bertz CT molecular complexity index is 1050. The molecule has 4 rings (SSSR count). The van der Waals surface area contributed by atoms with Crippen molar-refractivity contribution in [2.45, 2.75) is 70.9 Å². The zero-order valence-electron chi connectivity index (χ0n) is 20.0. The first-order chi connectivity index (χ1) is 16.0. The van der Waals surface area contributed by atoms with Crippen LogP contribution in [-0.2, 0) is 16.0 Å². The van der Waals surface area contributed by atoms with Gasteiger partial charge >= 0.3 is 12.1 Å². The number of methoxy groups -OCH3 is 1. The average molecular weight is 483 g/mol. The number of hydrogen-bond acceptors (Lipinski definition) is 5. The maximum absolute atomic E-state index is 13.1. The molecule has 1 saturated carbocycles. The largest absolute Gasteiger partial charge is 0.481 e. The van der Waals surface area contributed by atoms with E-state index in [9.17, 15) is 23.1 Å². The molecule has 10 heteroatoms. The second kappa shape index (κ2) is 9.36. The summed E-state index contributed by atoms with van der Waals surface area (Å²) in [5.74, 6) is -1.27. The number of fused-ring (bicyclic) bond motifs is 1. The number of carboxylic acid groups (broad SMARTS) is 1. The van der Waals surface area contributed by atoms with Crippen LogP contribution >= 0.6 is 0 Å². The van der Waals surface area contributed by atoms with Crippen LogP contribution in [0.15, 0.2) is 6.07 Å². The molecule has 3 heterocycles. The minimum absolute atomic E-state index is 0.0403. The highest BCUT2D eigenvalue weighted by Gasteiger charge is 2.42. The lowest BCUT2D eigenvalue weighted by Gasteiger charge is -2.39. The van der Waals surface area contributed by atoms with Gasteiger partial charge in [-0.05, 0) is 52.4 Å². The number of aromatic nitrogens is 3. The number of carbonyl (C=O) groups is 1. The number of nitrogens with zero attached hydrogens (tertiary/aromatic N) is 4. The summed E-state index contributed by atoms with van der Waals surface area (Å²) in [6.45, 7) is 5.24. The summed E-state index contributed by atoms with van der Waals surface area (Å²) in [5, 5.41) is 14.7. The van der Waals surface area contributed by atoms with Crippen LogP contribution in [-0.4, -0.2) is 58.7 Å². The third-order valence-electron chi connectivity index (χ3n) is 7.58. The molecule has 1 saturated heterocycles. The molecule has 2 aromatic rings. The predicted octanol–water partition coefficient (Wildman–Crippen LogP) is 4.75. The summed E-state index contributed by atoms with van der Waals surface area (Å²) in [5.41, 5.74) is 2.32. The Morgan fingerprint density at radius 2 is 2.00 bits per heavy atom. The molecular formula is C24H33F3N4O3. The van der Waals surface area contributed by atoms with Crippen LogP contribution in [0.5, 0.6) is 0 Å². The van der Waals surface area contributed by atoms with E-state index in [1.807, 2.05) is 13.0 Å². The molecule has 1 atom stereocenters. The normalized spacial score (nSPS) is 26.2. The van der Waals surface area contributed by atoms with Crippen molar-refractivity contribution >= 4 is 17.4 Å². The molecule has 2 aromatic heterocycles. The SMILES string of the molecule is COCCc1c(C)nc2cc([C@H]3CC[C@H](C(F)(F)F)CC3)nn2c1N1CCC[C@@](C)(C(=O)O)C1. The summed E-state index contributed by atoms with van der Waals surface area (Å²) < 4.78 is 46.4. The van der Waals surface area contributed by atoms with Gasteiger partial charge in [-0.25, -0.2) is 4.98 Å². The van der Waals surface area contributed by atoms with Crippen LogP contribution in [0.3, 0.4) is 0 Å². The van der Waals surface area contributed by atoms with Crippen molar-refractivity contribution in [3.8, 4) is 0 Å². The Morgan fingerprint density at radius 1 is 1.29 bits per heavy atom. The number of aliphatic carboxylic acids is 1. The minimum Gasteiger partial charge on any atom is -0.481 e.